The van der Waals surface area contributed by atoms with Crippen molar-refractivity contribution in [3.8, 4) is 0 Å². The van der Waals surface area contributed by atoms with Gasteiger partial charge in [-0.1, -0.05) is 91.3 Å². The highest BCUT2D eigenvalue weighted by Gasteiger charge is 2.40. The van der Waals surface area contributed by atoms with Crippen LogP contribution in [0.2, 0.25) is 0 Å². The average molecular weight is 630 g/mol. The van der Waals surface area contributed by atoms with Crippen molar-refractivity contribution in [2.45, 2.75) is 98.8 Å². The van der Waals surface area contributed by atoms with E-state index in [1.165, 1.54) is 6.08 Å². The number of ether oxygens (including phenoxy) is 1. The van der Waals surface area contributed by atoms with Gasteiger partial charge in [0.1, 0.15) is 6.10 Å². The quantitative estimate of drug-likeness (QED) is 0.0637. The topological polar surface area (TPSA) is 113 Å². The standard InChI is InChI=1S/C39H51NO6/c1-27(15-11-16-29(3)19-20-34-36(40-45)22-33(46-26-41)25-38(34,6)7)13-9-10-14-28(2)17-12-18-30(4)37(43)23-35-31(5)21-32(42)24-39(35,8)44/h9-19,21,26,33,35-36,40,44-45H,22-25H2,1-8H3/b10-9+,15-11+,17-12+,27-13+,28-14+,29-16+,30-18+. The Labute approximate surface area is 274 Å². The van der Waals surface area contributed by atoms with E-state index in [1.54, 1.807) is 26.8 Å². The molecule has 248 valence electrons. The maximum Gasteiger partial charge on any atom is 0.293 e. The number of hydroxylamine groups is 1. The fraction of sp³-hybridized carbons (Fsp3) is 0.436. The van der Waals surface area contributed by atoms with Crippen molar-refractivity contribution in [2.24, 2.45) is 11.3 Å². The molecule has 1 saturated carbocycles. The molecule has 0 aromatic heterocycles. The van der Waals surface area contributed by atoms with Gasteiger partial charge >= 0.3 is 0 Å². The molecule has 4 atom stereocenters. The van der Waals surface area contributed by atoms with Crippen LogP contribution in [0.25, 0.3) is 0 Å². The normalized spacial score (nSPS) is 26.5. The Hall–Kier alpha value is -3.87. The van der Waals surface area contributed by atoms with Crippen LogP contribution in [0.4, 0.5) is 0 Å². The van der Waals surface area contributed by atoms with Gasteiger partial charge < -0.3 is 15.1 Å². The fourth-order valence-corrected chi connectivity index (χ4v) is 5.86. The number of Topliss-reactive ketones (excluding diaryl/α,β-unsaturated/α-hetero) is 1. The fourth-order valence-electron chi connectivity index (χ4n) is 5.86. The van der Waals surface area contributed by atoms with E-state index >= 15 is 0 Å². The van der Waals surface area contributed by atoms with Gasteiger partial charge in [0.15, 0.2) is 11.6 Å². The summed E-state index contributed by atoms with van der Waals surface area (Å²) in [5.74, 6) is -0.521. The van der Waals surface area contributed by atoms with Gasteiger partial charge in [-0.25, -0.2) is 0 Å². The van der Waals surface area contributed by atoms with E-state index in [9.17, 15) is 24.7 Å². The number of ketones is 2. The summed E-state index contributed by atoms with van der Waals surface area (Å²) in [7, 11) is 0. The zero-order valence-corrected chi connectivity index (χ0v) is 28.6. The lowest BCUT2D eigenvalue weighted by atomic mass is 9.70. The number of hydrogen-bond donors (Lipinski definition) is 3. The summed E-state index contributed by atoms with van der Waals surface area (Å²) in [6.45, 7) is 15.7. The molecule has 4 unspecified atom stereocenters. The zero-order valence-electron chi connectivity index (χ0n) is 28.6. The predicted octanol–water partition coefficient (Wildman–Crippen LogP) is 7.48. The number of rotatable bonds is 13. The molecule has 3 N–H and O–H groups in total. The highest BCUT2D eigenvalue weighted by Crippen LogP contribution is 2.41. The maximum absolute atomic E-state index is 12.8. The lowest BCUT2D eigenvalue weighted by molar-refractivity contribution is -0.136. The monoisotopic (exact) mass is 629 g/mol. The van der Waals surface area contributed by atoms with E-state index in [0.29, 0.717) is 24.9 Å². The van der Waals surface area contributed by atoms with Gasteiger partial charge in [-0.2, -0.15) is 5.48 Å². The summed E-state index contributed by atoms with van der Waals surface area (Å²) in [5, 5.41) is 20.3. The lowest BCUT2D eigenvalue weighted by Gasteiger charge is -2.40. The molecule has 0 radical (unpaired) electrons. The maximum atomic E-state index is 12.8. The van der Waals surface area contributed by atoms with Gasteiger partial charge in [0.05, 0.1) is 11.6 Å². The second-order valence-electron chi connectivity index (χ2n) is 13.3. The number of carbonyl (C=O) groups excluding carboxylic acids is 3. The third-order valence-corrected chi connectivity index (χ3v) is 8.48. The van der Waals surface area contributed by atoms with Gasteiger partial charge in [0.2, 0.25) is 0 Å². The minimum absolute atomic E-state index is 0.0356. The molecule has 0 heterocycles. The van der Waals surface area contributed by atoms with Crippen LogP contribution in [0.1, 0.15) is 81.1 Å². The van der Waals surface area contributed by atoms with E-state index in [4.69, 9.17) is 4.74 Å². The predicted molar refractivity (Wildman–Crippen MR) is 184 cm³/mol. The largest absolute Gasteiger partial charge is 0.464 e. The first-order valence-corrected chi connectivity index (χ1v) is 15.7. The smallest absolute Gasteiger partial charge is 0.293 e. The Morgan fingerprint density at radius 3 is 2.15 bits per heavy atom. The van der Waals surface area contributed by atoms with Gasteiger partial charge in [0, 0.05) is 25.2 Å². The minimum Gasteiger partial charge on any atom is -0.464 e. The van der Waals surface area contributed by atoms with E-state index in [-0.39, 0.29) is 47.9 Å². The molecule has 0 aromatic rings. The Morgan fingerprint density at radius 2 is 1.59 bits per heavy atom. The minimum atomic E-state index is -1.21. The Bertz CT molecular complexity index is 1450. The van der Waals surface area contributed by atoms with E-state index in [2.05, 4.69) is 25.1 Å². The molecule has 0 aliphatic heterocycles. The molecule has 1 fully saturated rings. The van der Waals surface area contributed by atoms with Crippen LogP contribution >= 0.6 is 0 Å². The molecule has 0 spiro atoms. The molecule has 0 aromatic carbocycles. The van der Waals surface area contributed by atoms with Crippen LogP contribution < -0.4 is 5.48 Å². The molecule has 0 saturated heterocycles. The SMILES string of the molecule is CC1=CC(=O)CC(C)(O)C1CC(=O)/C(C)=C/C=C/C(C)=C/C=C/C=C(C)/C=C/C=C(\C)C=C=C1C(NO)CC(OC=O)CC1(C)C. The molecule has 0 amide bonds. The summed E-state index contributed by atoms with van der Waals surface area (Å²) in [5.41, 5.74) is 9.59. The first-order chi connectivity index (χ1) is 21.6. The van der Waals surface area contributed by atoms with E-state index in [1.807, 2.05) is 81.5 Å². The molecule has 46 heavy (non-hydrogen) atoms. The average Bonchev–Trinajstić information content (AvgIpc) is 2.95. The van der Waals surface area contributed by atoms with Gasteiger partial charge in [0.25, 0.3) is 6.47 Å². The van der Waals surface area contributed by atoms with Crippen LogP contribution in [-0.4, -0.2) is 46.1 Å². The van der Waals surface area contributed by atoms with Crippen LogP contribution in [0.15, 0.2) is 112 Å². The summed E-state index contributed by atoms with van der Waals surface area (Å²) in [4.78, 5) is 35.3. The third-order valence-electron chi connectivity index (χ3n) is 8.48. The first-order valence-electron chi connectivity index (χ1n) is 15.7. The van der Waals surface area contributed by atoms with E-state index < -0.39 is 5.60 Å². The zero-order chi connectivity index (χ0) is 34.5. The second kappa shape index (κ2) is 17.7. The Morgan fingerprint density at radius 1 is 1.00 bits per heavy atom. The highest BCUT2D eigenvalue weighted by atomic mass is 16.5. The molecular formula is C39H51NO6. The number of hydrogen-bond acceptors (Lipinski definition) is 7. The van der Waals surface area contributed by atoms with Crippen LogP contribution in [-0.2, 0) is 19.1 Å². The van der Waals surface area contributed by atoms with Crippen molar-refractivity contribution in [1.29, 1.82) is 0 Å². The van der Waals surface area contributed by atoms with Gasteiger partial charge in [-0.3, -0.25) is 14.4 Å². The van der Waals surface area contributed by atoms with Crippen LogP contribution in [0.3, 0.4) is 0 Å². The number of carbonyl (C=O) groups is 3. The summed E-state index contributed by atoms with van der Waals surface area (Å²) in [6.07, 6.45) is 24.0. The lowest BCUT2D eigenvalue weighted by Crippen LogP contribution is -2.44. The molecule has 2 aliphatic carbocycles. The van der Waals surface area contributed by atoms with Gasteiger partial charge in [-0.15, -0.1) is 5.73 Å². The summed E-state index contributed by atoms with van der Waals surface area (Å²) in [6, 6.07) is -0.337. The third kappa shape index (κ3) is 12.1. The van der Waals surface area contributed by atoms with Crippen LogP contribution in [0, 0.1) is 11.3 Å². The van der Waals surface area contributed by atoms with Crippen molar-refractivity contribution >= 4 is 18.0 Å². The Balaban J connectivity index is 1.95. The molecule has 7 heteroatoms. The molecule has 0 bridgehead atoms. The van der Waals surface area contributed by atoms with E-state index in [0.717, 1.165) is 27.9 Å². The van der Waals surface area contributed by atoms with Crippen molar-refractivity contribution in [3.05, 3.63) is 112 Å². The summed E-state index contributed by atoms with van der Waals surface area (Å²) < 4.78 is 5.16. The van der Waals surface area contributed by atoms with Crippen molar-refractivity contribution < 1.29 is 29.4 Å². The second-order valence-corrected chi connectivity index (χ2v) is 13.3. The summed E-state index contributed by atoms with van der Waals surface area (Å²) >= 11 is 0. The first kappa shape index (κ1) is 38.3. The van der Waals surface area contributed by atoms with Crippen LogP contribution in [0.5, 0.6) is 0 Å². The molecular weight excluding hydrogens is 578 g/mol. The number of allylic oxidation sites excluding steroid dienone is 15. The van der Waals surface area contributed by atoms with Crippen molar-refractivity contribution in [2.75, 3.05) is 0 Å². The molecule has 2 rings (SSSR count). The van der Waals surface area contributed by atoms with Crippen molar-refractivity contribution in [1.82, 2.24) is 5.48 Å². The molecule has 7 nitrogen and oxygen atoms in total. The van der Waals surface area contributed by atoms with Crippen molar-refractivity contribution in [3.63, 3.8) is 0 Å². The highest BCUT2D eigenvalue weighted by molar-refractivity contribution is 5.97. The Kier molecular flexibility index (Phi) is 14.8. The molecule has 2 aliphatic rings. The van der Waals surface area contributed by atoms with Gasteiger partial charge in [-0.05, 0) is 82.2 Å². The number of nitrogens with one attached hydrogen (secondary N) is 1. The number of aliphatic hydroxyl groups is 1.